The number of carbonyl (C=O) groups excluding carboxylic acids is 1. The van der Waals surface area contributed by atoms with Crippen molar-refractivity contribution in [1.82, 2.24) is 4.57 Å². The highest BCUT2D eigenvalue weighted by molar-refractivity contribution is 6.35. The van der Waals surface area contributed by atoms with Crippen LogP contribution in [0.4, 0.5) is 0 Å². The number of aryl methyl sites for hydroxylation is 1. The topological polar surface area (TPSA) is 48.3 Å². The highest BCUT2D eigenvalue weighted by Gasteiger charge is 2.34. The van der Waals surface area contributed by atoms with Gasteiger partial charge in [-0.3, -0.25) is 9.59 Å². The van der Waals surface area contributed by atoms with Crippen LogP contribution in [0.3, 0.4) is 0 Å². The lowest BCUT2D eigenvalue weighted by Crippen LogP contribution is -2.31. The number of para-hydroxylation sites is 1. The summed E-state index contributed by atoms with van der Waals surface area (Å²) in [6.45, 7) is 0. The first kappa shape index (κ1) is 16.2. The summed E-state index contributed by atoms with van der Waals surface area (Å²) in [6, 6.07) is 12.4. The Morgan fingerprint density at radius 1 is 1.12 bits per heavy atom. The van der Waals surface area contributed by atoms with Gasteiger partial charge in [0.25, 0.3) is 5.56 Å². The molecule has 2 aromatic carbocycles. The number of esters is 1. The fourth-order valence-corrected chi connectivity index (χ4v) is 3.92. The zero-order valence-corrected chi connectivity index (χ0v) is 14.8. The van der Waals surface area contributed by atoms with E-state index in [1.165, 1.54) is 0 Å². The maximum absolute atomic E-state index is 13.0. The molecule has 4 nitrogen and oxygen atoms in total. The minimum Gasteiger partial charge on any atom is -0.425 e. The summed E-state index contributed by atoms with van der Waals surface area (Å²) >= 11 is 12.3. The van der Waals surface area contributed by atoms with Crippen LogP contribution in [0.5, 0.6) is 5.75 Å². The summed E-state index contributed by atoms with van der Waals surface area (Å²) in [5.74, 6) is -0.530. The van der Waals surface area contributed by atoms with E-state index in [2.05, 4.69) is 0 Å². The molecule has 0 spiro atoms. The minimum atomic E-state index is -0.468. The number of hydrogen-bond acceptors (Lipinski definition) is 3. The molecule has 0 unspecified atom stereocenters. The molecule has 3 aromatic rings. The molecule has 0 N–H and O–H groups in total. The van der Waals surface area contributed by atoms with E-state index in [4.69, 9.17) is 27.9 Å². The standard InChI is InChI=1S/C19H13Cl2NO3/c1-22-15-5-3-2-4-12(15)18-17(19(22)24)13(9-16(23)25-18)11-7-6-10(20)8-14(11)21/h2-8,13H,9H2,1H3/t13-/m0/s1. The van der Waals surface area contributed by atoms with Crippen LogP contribution in [0.1, 0.15) is 23.5 Å². The Labute approximate surface area is 153 Å². The van der Waals surface area contributed by atoms with Gasteiger partial charge < -0.3 is 9.30 Å². The van der Waals surface area contributed by atoms with Crippen LogP contribution < -0.4 is 10.3 Å². The quantitative estimate of drug-likeness (QED) is 0.597. The van der Waals surface area contributed by atoms with E-state index in [1.54, 1.807) is 29.8 Å². The Hall–Kier alpha value is -2.30. The van der Waals surface area contributed by atoms with E-state index in [0.717, 1.165) is 5.39 Å². The molecule has 1 atom stereocenters. The number of ether oxygens (including phenoxy) is 1. The lowest BCUT2D eigenvalue weighted by molar-refractivity contribution is -0.135. The maximum Gasteiger partial charge on any atom is 0.312 e. The number of benzene rings is 2. The average molecular weight is 374 g/mol. The van der Waals surface area contributed by atoms with Gasteiger partial charge in [0.2, 0.25) is 0 Å². The van der Waals surface area contributed by atoms with Crippen molar-refractivity contribution in [2.45, 2.75) is 12.3 Å². The Morgan fingerprint density at radius 3 is 2.64 bits per heavy atom. The second-order valence-electron chi connectivity index (χ2n) is 6.02. The molecule has 25 heavy (non-hydrogen) atoms. The lowest BCUT2D eigenvalue weighted by Gasteiger charge is -2.26. The molecule has 0 bridgehead atoms. The first-order valence-electron chi connectivity index (χ1n) is 7.74. The number of hydrogen-bond donors (Lipinski definition) is 0. The van der Waals surface area contributed by atoms with Gasteiger partial charge in [-0.25, -0.2) is 0 Å². The van der Waals surface area contributed by atoms with Crippen molar-refractivity contribution in [3.8, 4) is 5.75 Å². The van der Waals surface area contributed by atoms with Crippen molar-refractivity contribution in [1.29, 1.82) is 0 Å². The minimum absolute atomic E-state index is 0.0575. The van der Waals surface area contributed by atoms with Crippen molar-refractivity contribution in [3.05, 3.63) is 74.0 Å². The molecule has 1 aliphatic rings. The van der Waals surface area contributed by atoms with Crippen molar-refractivity contribution in [2.24, 2.45) is 7.05 Å². The highest BCUT2D eigenvalue weighted by atomic mass is 35.5. The Bertz CT molecular complexity index is 1090. The predicted octanol–water partition coefficient (Wildman–Crippen LogP) is 4.29. The van der Waals surface area contributed by atoms with Crippen LogP contribution in [-0.4, -0.2) is 10.5 Å². The molecule has 1 aromatic heterocycles. The number of rotatable bonds is 1. The number of nitrogens with zero attached hydrogens (tertiary/aromatic N) is 1. The summed E-state index contributed by atoms with van der Waals surface area (Å²) in [5, 5.41) is 1.65. The van der Waals surface area contributed by atoms with E-state index in [1.807, 2.05) is 24.3 Å². The van der Waals surface area contributed by atoms with E-state index < -0.39 is 5.92 Å². The molecule has 0 aliphatic carbocycles. The van der Waals surface area contributed by atoms with E-state index in [0.29, 0.717) is 32.4 Å². The molecule has 0 saturated heterocycles. The van der Waals surface area contributed by atoms with Gasteiger partial charge in [0, 0.05) is 28.4 Å². The third kappa shape index (κ3) is 2.53. The van der Waals surface area contributed by atoms with Gasteiger partial charge >= 0.3 is 5.97 Å². The van der Waals surface area contributed by atoms with Gasteiger partial charge in [0.1, 0.15) is 5.75 Å². The Morgan fingerprint density at radius 2 is 1.88 bits per heavy atom. The molecule has 126 valence electrons. The summed E-state index contributed by atoms with van der Waals surface area (Å²) in [5.41, 5.74) is 1.65. The van der Waals surface area contributed by atoms with Crippen LogP contribution in [0, 0.1) is 0 Å². The van der Waals surface area contributed by atoms with Crippen LogP contribution in [0.25, 0.3) is 10.9 Å². The van der Waals surface area contributed by atoms with E-state index in [9.17, 15) is 9.59 Å². The fourth-order valence-electron chi connectivity index (χ4n) is 3.38. The summed E-state index contributed by atoms with van der Waals surface area (Å²) in [7, 11) is 1.71. The number of halogens is 2. The Kier molecular flexibility index (Phi) is 3.82. The second-order valence-corrected chi connectivity index (χ2v) is 6.86. The molecule has 0 saturated carbocycles. The predicted molar refractivity (Wildman–Crippen MR) is 97.7 cm³/mol. The molecule has 0 fully saturated rings. The zero-order valence-electron chi connectivity index (χ0n) is 13.3. The molecule has 4 rings (SSSR count). The van der Waals surface area contributed by atoms with Gasteiger partial charge in [-0.05, 0) is 29.8 Å². The number of aromatic nitrogens is 1. The zero-order chi connectivity index (χ0) is 17.7. The summed E-state index contributed by atoms with van der Waals surface area (Å²) < 4.78 is 7.05. The molecule has 0 radical (unpaired) electrons. The maximum atomic E-state index is 13.0. The molecule has 0 amide bonds. The van der Waals surface area contributed by atoms with Crippen LogP contribution in [0.2, 0.25) is 10.0 Å². The van der Waals surface area contributed by atoms with Gasteiger partial charge in [-0.15, -0.1) is 0 Å². The van der Waals surface area contributed by atoms with E-state index in [-0.39, 0.29) is 17.9 Å². The van der Waals surface area contributed by atoms with Gasteiger partial charge in [-0.2, -0.15) is 0 Å². The fraction of sp³-hybridized carbons (Fsp3) is 0.158. The second kappa shape index (κ2) is 5.90. The van der Waals surface area contributed by atoms with Crippen molar-refractivity contribution in [3.63, 3.8) is 0 Å². The lowest BCUT2D eigenvalue weighted by atomic mass is 9.86. The van der Waals surface area contributed by atoms with Crippen LogP contribution >= 0.6 is 23.2 Å². The average Bonchev–Trinajstić information content (AvgIpc) is 2.59. The van der Waals surface area contributed by atoms with Crippen molar-refractivity contribution in [2.75, 3.05) is 0 Å². The molecular weight excluding hydrogens is 361 g/mol. The molecule has 2 heterocycles. The third-order valence-electron chi connectivity index (χ3n) is 4.56. The molecular formula is C19H13Cl2NO3. The van der Waals surface area contributed by atoms with Crippen LogP contribution in [-0.2, 0) is 11.8 Å². The van der Waals surface area contributed by atoms with Crippen molar-refractivity contribution < 1.29 is 9.53 Å². The van der Waals surface area contributed by atoms with Gasteiger partial charge in [-0.1, -0.05) is 41.4 Å². The SMILES string of the molecule is Cn1c(=O)c2c(c3ccccc31)OC(=O)C[C@H]2c1ccc(Cl)cc1Cl. The third-order valence-corrected chi connectivity index (χ3v) is 5.13. The smallest absolute Gasteiger partial charge is 0.312 e. The monoisotopic (exact) mass is 373 g/mol. The normalized spacial score (nSPS) is 16.6. The van der Waals surface area contributed by atoms with Gasteiger partial charge in [0.15, 0.2) is 0 Å². The number of pyridine rings is 1. The largest absolute Gasteiger partial charge is 0.425 e. The van der Waals surface area contributed by atoms with Crippen LogP contribution in [0.15, 0.2) is 47.3 Å². The molecule has 1 aliphatic heterocycles. The first-order chi connectivity index (χ1) is 12.0. The molecule has 6 heteroatoms. The summed E-state index contributed by atoms with van der Waals surface area (Å²) in [4.78, 5) is 25.2. The van der Waals surface area contributed by atoms with Crippen molar-refractivity contribution >= 4 is 40.1 Å². The number of fused-ring (bicyclic) bond motifs is 3. The van der Waals surface area contributed by atoms with E-state index >= 15 is 0 Å². The van der Waals surface area contributed by atoms with Gasteiger partial charge in [0.05, 0.1) is 17.5 Å². The first-order valence-corrected chi connectivity index (χ1v) is 8.50. The summed E-state index contributed by atoms with van der Waals surface area (Å²) in [6.07, 6.45) is 0.0575. The highest BCUT2D eigenvalue weighted by Crippen LogP contribution is 2.42. The number of carbonyl (C=O) groups is 1. The Balaban J connectivity index is 2.07.